The highest BCUT2D eigenvalue weighted by atomic mass is 16.5. The van der Waals surface area contributed by atoms with Gasteiger partial charge in [0.1, 0.15) is 0 Å². The molecule has 25 heavy (non-hydrogen) atoms. The maximum atomic E-state index is 11.1. The number of H-pyrrole nitrogens is 1. The van der Waals surface area contributed by atoms with E-state index in [1.165, 1.54) is 35.7 Å². The highest BCUT2D eigenvalue weighted by Gasteiger charge is 2.34. The standard InChI is InChI=1S/C21H24N2O2/c1-3-15-13-23-10-8-16(15)12-20(23)21-18(9-11-25-14(2)24)17-6-4-5-7-19(17)22-21/h3-7,12,15-16,22H,1,8-11,13H2,2H3/t15-,16-/m1/s1. The summed E-state index contributed by atoms with van der Waals surface area (Å²) in [5.74, 6) is 0.895. The number of piperidine rings is 1. The van der Waals surface area contributed by atoms with E-state index in [1.807, 2.05) is 6.07 Å². The van der Waals surface area contributed by atoms with Gasteiger partial charge >= 0.3 is 5.97 Å². The fourth-order valence-corrected chi connectivity index (χ4v) is 4.20. The minimum absolute atomic E-state index is 0.227. The van der Waals surface area contributed by atoms with E-state index in [2.05, 4.69) is 46.8 Å². The third kappa shape index (κ3) is 2.86. The highest BCUT2D eigenvalue weighted by molar-refractivity contribution is 5.89. The molecule has 3 aliphatic heterocycles. The van der Waals surface area contributed by atoms with Gasteiger partial charge in [-0.3, -0.25) is 4.79 Å². The third-order valence-corrected chi connectivity index (χ3v) is 5.46. The third-order valence-electron chi connectivity index (χ3n) is 5.46. The van der Waals surface area contributed by atoms with Crippen LogP contribution in [-0.2, 0) is 16.0 Å². The van der Waals surface area contributed by atoms with E-state index < -0.39 is 0 Å². The Bertz CT molecular complexity index is 849. The summed E-state index contributed by atoms with van der Waals surface area (Å²) >= 11 is 0. The van der Waals surface area contributed by atoms with Gasteiger partial charge in [-0.1, -0.05) is 30.4 Å². The number of allylic oxidation sites excluding steroid dienone is 1. The molecule has 0 spiro atoms. The summed E-state index contributed by atoms with van der Waals surface area (Å²) in [7, 11) is 0. The molecule has 4 heteroatoms. The Balaban J connectivity index is 1.74. The van der Waals surface area contributed by atoms with E-state index in [0.717, 1.165) is 25.0 Å². The maximum absolute atomic E-state index is 11.1. The molecular formula is C21H24N2O2. The van der Waals surface area contributed by atoms with E-state index in [4.69, 9.17) is 4.74 Å². The first-order valence-electron chi connectivity index (χ1n) is 9.00. The number of aromatic amines is 1. The van der Waals surface area contributed by atoms with Crippen LogP contribution in [-0.4, -0.2) is 35.5 Å². The zero-order chi connectivity index (χ0) is 17.4. The number of aromatic nitrogens is 1. The molecular weight excluding hydrogens is 312 g/mol. The van der Waals surface area contributed by atoms with Gasteiger partial charge in [0.05, 0.1) is 18.0 Å². The van der Waals surface area contributed by atoms with Crippen LogP contribution < -0.4 is 0 Å². The molecule has 2 aromatic rings. The molecule has 1 aromatic carbocycles. The number of nitrogens with zero attached hydrogens (tertiary/aromatic N) is 1. The number of para-hydroxylation sites is 1. The largest absolute Gasteiger partial charge is 0.466 e. The van der Waals surface area contributed by atoms with Crippen molar-refractivity contribution >= 4 is 22.6 Å². The van der Waals surface area contributed by atoms with Gasteiger partial charge in [-0.15, -0.1) is 6.58 Å². The first-order valence-corrected chi connectivity index (χ1v) is 9.00. The number of benzene rings is 1. The monoisotopic (exact) mass is 336 g/mol. The van der Waals surface area contributed by atoms with Crippen molar-refractivity contribution in [3.05, 3.63) is 54.3 Å². The molecule has 5 rings (SSSR count). The molecule has 1 aromatic heterocycles. The van der Waals surface area contributed by atoms with Gasteiger partial charge in [-0.2, -0.15) is 0 Å². The number of hydrogen-bond donors (Lipinski definition) is 1. The predicted molar refractivity (Wildman–Crippen MR) is 100.0 cm³/mol. The Hall–Kier alpha value is -2.49. The quantitative estimate of drug-likeness (QED) is 0.668. The number of rotatable bonds is 5. The zero-order valence-electron chi connectivity index (χ0n) is 14.6. The van der Waals surface area contributed by atoms with E-state index in [9.17, 15) is 4.79 Å². The lowest BCUT2D eigenvalue weighted by Gasteiger charge is -2.44. The fraction of sp³-hybridized carbons (Fsp3) is 0.381. The number of carbonyl (C=O) groups excluding carboxylic acids is 1. The smallest absolute Gasteiger partial charge is 0.302 e. The number of carbonyl (C=O) groups is 1. The van der Waals surface area contributed by atoms with Crippen molar-refractivity contribution in [2.24, 2.45) is 11.8 Å². The van der Waals surface area contributed by atoms with Crippen LogP contribution in [0.3, 0.4) is 0 Å². The molecule has 0 saturated carbocycles. The molecule has 4 heterocycles. The lowest BCUT2D eigenvalue weighted by molar-refractivity contribution is -0.140. The molecule has 0 unspecified atom stereocenters. The molecule has 130 valence electrons. The van der Waals surface area contributed by atoms with E-state index in [0.29, 0.717) is 18.4 Å². The minimum atomic E-state index is -0.227. The predicted octanol–water partition coefficient (Wildman–Crippen LogP) is 3.75. The number of esters is 1. The van der Waals surface area contributed by atoms with Crippen molar-refractivity contribution in [2.45, 2.75) is 19.8 Å². The van der Waals surface area contributed by atoms with Crippen molar-refractivity contribution in [2.75, 3.05) is 19.7 Å². The van der Waals surface area contributed by atoms with Gasteiger partial charge in [0.2, 0.25) is 0 Å². The SMILES string of the molecule is C=C[C@@H]1CN2CC[C@@H]1C=C2c1[nH]c2ccccc2c1CCOC(C)=O. The van der Waals surface area contributed by atoms with Crippen LogP contribution in [0, 0.1) is 11.8 Å². The van der Waals surface area contributed by atoms with Crippen LogP contribution in [0.4, 0.5) is 0 Å². The summed E-state index contributed by atoms with van der Waals surface area (Å²) in [6.45, 7) is 8.01. The van der Waals surface area contributed by atoms with E-state index in [1.54, 1.807) is 0 Å². The molecule has 0 radical (unpaired) electrons. The Morgan fingerprint density at radius 1 is 1.44 bits per heavy atom. The molecule has 2 bridgehead atoms. The molecule has 2 atom stereocenters. The molecule has 0 aliphatic carbocycles. The van der Waals surface area contributed by atoms with Gasteiger partial charge in [-0.25, -0.2) is 0 Å². The van der Waals surface area contributed by atoms with Crippen LogP contribution in [0.5, 0.6) is 0 Å². The van der Waals surface area contributed by atoms with Crippen LogP contribution >= 0.6 is 0 Å². The average molecular weight is 336 g/mol. The summed E-state index contributed by atoms with van der Waals surface area (Å²) in [5, 5.41) is 1.22. The van der Waals surface area contributed by atoms with Crippen molar-refractivity contribution < 1.29 is 9.53 Å². The molecule has 1 N–H and O–H groups in total. The number of nitrogens with one attached hydrogen (secondary N) is 1. The van der Waals surface area contributed by atoms with Gasteiger partial charge in [-0.05, 0) is 24.0 Å². The first-order chi connectivity index (χ1) is 12.2. The lowest BCUT2D eigenvalue weighted by atomic mass is 9.80. The number of hydrogen-bond acceptors (Lipinski definition) is 3. The normalized spacial score (nSPS) is 22.1. The molecule has 1 fully saturated rings. The van der Waals surface area contributed by atoms with Gasteiger partial charge < -0.3 is 14.6 Å². The topological polar surface area (TPSA) is 45.3 Å². The summed E-state index contributed by atoms with van der Waals surface area (Å²) in [5.41, 5.74) is 4.86. The number of fused-ring (bicyclic) bond motifs is 3. The van der Waals surface area contributed by atoms with E-state index in [-0.39, 0.29) is 5.97 Å². The summed E-state index contributed by atoms with van der Waals surface area (Å²) < 4.78 is 5.20. The van der Waals surface area contributed by atoms with Crippen LogP contribution in [0.1, 0.15) is 24.6 Å². The van der Waals surface area contributed by atoms with Gasteiger partial charge in [0, 0.05) is 43.3 Å². The van der Waals surface area contributed by atoms with Crippen LogP contribution in [0.15, 0.2) is 43.0 Å². The second-order valence-electron chi connectivity index (χ2n) is 6.96. The summed E-state index contributed by atoms with van der Waals surface area (Å²) in [6, 6.07) is 8.36. The fourth-order valence-electron chi connectivity index (χ4n) is 4.20. The van der Waals surface area contributed by atoms with Crippen molar-refractivity contribution in [1.29, 1.82) is 0 Å². The second kappa shape index (κ2) is 6.43. The molecule has 1 saturated heterocycles. The summed E-state index contributed by atoms with van der Waals surface area (Å²) in [4.78, 5) is 17.2. The minimum Gasteiger partial charge on any atom is -0.466 e. The molecule has 3 aliphatic rings. The molecule has 0 amide bonds. The second-order valence-corrected chi connectivity index (χ2v) is 6.96. The van der Waals surface area contributed by atoms with Crippen molar-refractivity contribution in [3.63, 3.8) is 0 Å². The van der Waals surface area contributed by atoms with E-state index >= 15 is 0 Å². The molecule has 4 nitrogen and oxygen atoms in total. The average Bonchev–Trinajstić information content (AvgIpc) is 3.00. The van der Waals surface area contributed by atoms with Crippen LogP contribution in [0.25, 0.3) is 16.6 Å². The maximum Gasteiger partial charge on any atom is 0.302 e. The number of ether oxygens (including phenoxy) is 1. The first kappa shape index (κ1) is 16.0. The van der Waals surface area contributed by atoms with Crippen LogP contribution in [0.2, 0.25) is 0 Å². The Labute approximate surface area is 148 Å². The Kier molecular flexibility index (Phi) is 4.12. The van der Waals surface area contributed by atoms with Gasteiger partial charge in [0.25, 0.3) is 0 Å². The highest BCUT2D eigenvalue weighted by Crippen LogP contribution is 2.40. The van der Waals surface area contributed by atoms with Crippen molar-refractivity contribution in [1.82, 2.24) is 9.88 Å². The summed E-state index contributed by atoms with van der Waals surface area (Å²) in [6.07, 6.45) is 6.42. The zero-order valence-corrected chi connectivity index (χ0v) is 14.6. The Morgan fingerprint density at radius 3 is 3.00 bits per heavy atom. The lowest BCUT2D eigenvalue weighted by Crippen LogP contribution is -2.42. The van der Waals surface area contributed by atoms with Gasteiger partial charge in [0.15, 0.2) is 0 Å². The Morgan fingerprint density at radius 2 is 2.28 bits per heavy atom. The van der Waals surface area contributed by atoms with Crippen molar-refractivity contribution in [3.8, 4) is 0 Å².